The van der Waals surface area contributed by atoms with E-state index in [1.54, 1.807) is 0 Å². The van der Waals surface area contributed by atoms with Crippen molar-refractivity contribution in [3.63, 3.8) is 0 Å². The molecule has 0 aliphatic heterocycles. The van der Waals surface area contributed by atoms with Crippen LogP contribution in [0.15, 0.2) is 24.3 Å². The molecular weight excluding hydrogens is 300 g/mol. The number of benzene rings is 1. The minimum absolute atomic E-state index is 0.00469. The first kappa shape index (κ1) is 16.8. The summed E-state index contributed by atoms with van der Waals surface area (Å²) in [6.45, 7) is 2.20. The van der Waals surface area contributed by atoms with E-state index >= 15 is 0 Å². The summed E-state index contributed by atoms with van der Waals surface area (Å²) in [5.74, 6) is 0.0898. The van der Waals surface area contributed by atoms with Crippen LogP contribution in [0.4, 0.5) is 0 Å². The summed E-state index contributed by atoms with van der Waals surface area (Å²) in [6, 6.07) is 7.72. The highest BCUT2D eigenvalue weighted by Crippen LogP contribution is 2.46. The molecule has 5 heteroatoms. The summed E-state index contributed by atoms with van der Waals surface area (Å²) in [7, 11) is 0. The molecule has 0 saturated heterocycles. The number of rotatable bonds is 8. The lowest BCUT2D eigenvalue weighted by atomic mass is 10.0. The molecule has 0 heterocycles. The van der Waals surface area contributed by atoms with Gasteiger partial charge in [-0.15, -0.1) is 0 Å². The molecule has 2 rings (SSSR count). The molecule has 0 spiro atoms. The van der Waals surface area contributed by atoms with E-state index in [2.05, 4.69) is 10.6 Å². The van der Waals surface area contributed by atoms with E-state index in [1.165, 1.54) is 6.92 Å². The number of halogens is 1. The Kier molecular flexibility index (Phi) is 5.83. The number of carbonyl (C=O) groups is 2. The highest BCUT2D eigenvalue weighted by molar-refractivity contribution is 6.30. The quantitative estimate of drug-likeness (QED) is 0.722. The molecule has 1 aliphatic rings. The third-order valence-corrected chi connectivity index (χ3v) is 4.20. The molecule has 2 N–H and O–H groups in total. The highest BCUT2D eigenvalue weighted by atomic mass is 35.5. The molecule has 1 aromatic rings. The minimum Gasteiger partial charge on any atom is -0.356 e. The van der Waals surface area contributed by atoms with E-state index in [1.807, 2.05) is 24.3 Å². The molecule has 0 radical (unpaired) electrons. The van der Waals surface area contributed by atoms with Crippen LogP contribution in [-0.4, -0.2) is 18.4 Å². The Balaban J connectivity index is 1.70. The lowest BCUT2D eigenvalue weighted by Gasteiger charge is -2.18. The van der Waals surface area contributed by atoms with Gasteiger partial charge < -0.3 is 10.6 Å². The van der Waals surface area contributed by atoms with Gasteiger partial charge in [-0.25, -0.2) is 0 Å². The van der Waals surface area contributed by atoms with Crippen LogP contribution in [-0.2, 0) is 15.1 Å². The summed E-state index contributed by atoms with van der Waals surface area (Å²) in [4.78, 5) is 22.8. The van der Waals surface area contributed by atoms with Gasteiger partial charge in [0.05, 0.1) is 5.54 Å². The fourth-order valence-corrected chi connectivity index (χ4v) is 2.77. The molecule has 120 valence electrons. The number of hydrogen-bond acceptors (Lipinski definition) is 2. The first-order valence-corrected chi connectivity index (χ1v) is 8.21. The molecule has 0 aromatic heterocycles. The van der Waals surface area contributed by atoms with E-state index in [0.29, 0.717) is 18.0 Å². The Hall–Kier alpha value is -1.55. The van der Waals surface area contributed by atoms with Crippen LogP contribution in [0.3, 0.4) is 0 Å². The van der Waals surface area contributed by atoms with Crippen molar-refractivity contribution >= 4 is 23.4 Å². The zero-order valence-corrected chi connectivity index (χ0v) is 13.7. The van der Waals surface area contributed by atoms with Gasteiger partial charge in [0.1, 0.15) is 0 Å². The van der Waals surface area contributed by atoms with Crippen LogP contribution in [0.25, 0.3) is 0 Å². The van der Waals surface area contributed by atoms with Gasteiger partial charge in [0.25, 0.3) is 0 Å². The molecule has 0 unspecified atom stereocenters. The van der Waals surface area contributed by atoms with Gasteiger partial charge in [-0.2, -0.15) is 0 Å². The smallest absolute Gasteiger partial charge is 0.220 e. The molecule has 1 aromatic carbocycles. The van der Waals surface area contributed by atoms with E-state index in [9.17, 15) is 9.59 Å². The number of hydrogen-bond donors (Lipinski definition) is 2. The molecule has 1 aliphatic carbocycles. The van der Waals surface area contributed by atoms with Gasteiger partial charge in [-0.05, 0) is 43.4 Å². The average molecular weight is 323 g/mol. The summed E-state index contributed by atoms with van der Waals surface area (Å²) in [6.07, 6.45) is 5.17. The van der Waals surface area contributed by atoms with E-state index in [-0.39, 0.29) is 17.4 Å². The average Bonchev–Trinajstić information content (AvgIpc) is 3.23. The largest absolute Gasteiger partial charge is 0.356 e. The highest BCUT2D eigenvalue weighted by Gasteiger charge is 2.45. The Morgan fingerprint density at radius 1 is 1.23 bits per heavy atom. The summed E-state index contributed by atoms with van der Waals surface area (Å²) < 4.78 is 0. The minimum atomic E-state index is -0.196. The zero-order valence-electron chi connectivity index (χ0n) is 13.0. The van der Waals surface area contributed by atoms with Crippen molar-refractivity contribution in [3.8, 4) is 0 Å². The van der Waals surface area contributed by atoms with Crippen molar-refractivity contribution in [1.82, 2.24) is 10.6 Å². The lowest BCUT2D eigenvalue weighted by molar-refractivity contribution is -0.122. The van der Waals surface area contributed by atoms with Gasteiger partial charge in [0, 0.05) is 24.9 Å². The Morgan fingerprint density at radius 3 is 2.64 bits per heavy atom. The molecule has 1 saturated carbocycles. The Morgan fingerprint density at radius 2 is 2.00 bits per heavy atom. The molecule has 1 fully saturated rings. The predicted molar refractivity (Wildman–Crippen MR) is 87.7 cm³/mol. The first-order chi connectivity index (χ1) is 10.5. The van der Waals surface area contributed by atoms with Gasteiger partial charge in [0.15, 0.2) is 0 Å². The monoisotopic (exact) mass is 322 g/mol. The van der Waals surface area contributed by atoms with E-state index < -0.39 is 0 Å². The lowest BCUT2D eigenvalue weighted by Crippen LogP contribution is -2.34. The molecule has 2 amide bonds. The van der Waals surface area contributed by atoms with Crippen LogP contribution >= 0.6 is 11.6 Å². The third kappa shape index (κ3) is 5.02. The van der Waals surface area contributed by atoms with Gasteiger partial charge >= 0.3 is 0 Å². The topological polar surface area (TPSA) is 58.2 Å². The maximum atomic E-state index is 12.1. The van der Waals surface area contributed by atoms with Crippen LogP contribution in [0.2, 0.25) is 5.02 Å². The van der Waals surface area contributed by atoms with E-state index in [4.69, 9.17) is 11.6 Å². The van der Waals surface area contributed by atoms with Gasteiger partial charge in [-0.3, -0.25) is 9.59 Å². The van der Waals surface area contributed by atoms with Crippen molar-refractivity contribution in [2.75, 3.05) is 6.54 Å². The van der Waals surface area contributed by atoms with Crippen molar-refractivity contribution in [1.29, 1.82) is 0 Å². The van der Waals surface area contributed by atoms with Gasteiger partial charge in [-0.1, -0.05) is 30.2 Å². The second-order valence-electron chi connectivity index (χ2n) is 5.93. The zero-order chi connectivity index (χ0) is 16.0. The van der Waals surface area contributed by atoms with Crippen LogP contribution < -0.4 is 10.6 Å². The van der Waals surface area contributed by atoms with Gasteiger partial charge in [0.2, 0.25) is 11.8 Å². The maximum Gasteiger partial charge on any atom is 0.220 e. The molecule has 0 atom stereocenters. The summed E-state index contributed by atoms with van der Waals surface area (Å²) >= 11 is 6.03. The number of unbranched alkanes of at least 4 members (excludes halogenated alkanes) is 2. The van der Waals surface area contributed by atoms with Crippen molar-refractivity contribution < 1.29 is 9.59 Å². The maximum absolute atomic E-state index is 12.1. The van der Waals surface area contributed by atoms with Crippen LogP contribution in [0.5, 0.6) is 0 Å². The fraction of sp³-hybridized carbons (Fsp3) is 0.529. The molecule has 22 heavy (non-hydrogen) atoms. The molecule has 0 bridgehead atoms. The fourth-order valence-electron chi connectivity index (χ4n) is 2.58. The molecule has 4 nitrogen and oxygen atoms in total. The molecular formula is C17H23ClN2O2. The standard InChI is InChI=1S/C17H23ClN2O2/c1-13(21)19-11-4-2-3-8-16(22)20-17(9-10-17)14-6-5-7-15(18)12-14/h5-7,12H,2-4,8-11H2,1H3,(H,19,21)(H,20,22). The second-order valence-corrected chi connectivity index (χ2v) is 6.37. The van der Waals surface area contributed by atoms with Crippen LogP contribution in [0, 0.1) is 0 Å². The Bertz CT molecular complexity index is 541. The van der Waals surface area contributed by atoms with Crippen LogP contribution in [0.1, 0.15) is 51.0 Å². The normalized spacial score (nSPS) is 15.2. The van der Waals surface area contributed by atoms with Crippen molar-refractivity contribution in [2.24, 2.45) is 0 Å². The third-order valence-electron chi connectivity index (χ3n) is 3.96. The Labute approximate surface area is 136 Å². The predicted octanol–water partition coefficient (Wildman–Crippen LogP) is 3.14. The number of amides is 2. The SMILES string of the molecule is CC(=O)NCCCCCC(=O)NC1(c2cccc(Cl)c2)CC1. The van der Waals surface area contributed by atoms with Crippen molar-refractivity contribution in [3.05, 3.63) is 34.9 Å². The summed E-state index contributed by atoms with van der Waals surface area (Å²) in [5.41, 5.74) is 0.900. The van der Waals surface area contributed by atoms with Crippen molar-refractivity contribution in [2.45, 2.75) is 51.0 Å². The number of nitrogens with one attached hydrogen (secondary N) is 2. The number of carbonyl (C=O) groups excluding carboxylic acids is 2. The summed E-state index contributed by atoms with van der Waals surface area (Å²) in [5, 5.41) is 6.61. The van der Waals surface area contributed by atoms with E-state index in [0.717, 1.165) is 37.7 Å². The second kappa shape index (κ2) is 7.63. The first-order valence-electron chi connectivity index (χ1n) is 7.83.